The Balaban J connectivity index is 2.16. The minimum atomic E-state index is -3.79. The molecular weight excluding hydrogens is 465 g/mol. The summed E-state index contributed by atoms with van der Waals surface area (Å²) < 4.78 is 46.4. The van der Waals surface area contributed by atoms with Gasteiger partial charge in [0, 0.05) is 15.5 Å². The molecule has 0 amide bonds. The van der Waals surface area contributed by atoms with Gasteiger partial charge in [0.1, 0.15) is 16.5 Å². The monoisotopic (exact) mass is 479 g/mol. The zero-order chi connectivity index (χ0) is 17.9. The summed E-state index contributed by atoms with van der Waals surface area (Å²) in [4.78, 5) is -0.0277. The van der Waals surface area contributed by atoms with E-state index in [1.807, 2.05) is 25.1 Å². The fourth-order valence-electron chi connectivity index (χ4n) is 2.28. The quantitative estimate of drug-likeness (QED) is 0.674. The average molecular weight is 481 g/mol. The number of hydrogen-bond acceptors (Lipinski definition) is 3. The number of halogens is 3. The van der Waals surface area contributed by atoms with E-state index < -0.39 is 15.8 Å². The van der Waals surface area contributed by atoms with E-state index in [1.165, 1.54) is 0 Å². The lowest BCUT2D eigenvalue weighted by Crippen LogP contribution is -2.26. The van der Waals surface area contributed by atoms with Gasteiger partial charge in [-0.25, -0.2) is 17.5 Å². The van der Waals surface area contributed by atoms with Gasteiger partial charge in [-0.05, 0) is 69.0 Å². The molecule has 2 rings (SSSR count). The summed E-state index contributed by atoms with van der Waals surface area (Å²) in [6, 6.07) is 7.97. The molecular formula is C16H16Br2FNO3S. The smallest absolute Gasteiger partial charge is 0.242 e. The molecule has 0 fully saturated rings. The molecule has 0 saturated heterocycles. The zero-order valence-corrected chi connectivity index (χ0v) is 17.1. The van der Waals surface area contributed by atoms with Crippen LogP contribution in [-0.2, 0) is 16.4 Å². The van der Waals surface area contributed by atoms with Crippen molar-refractivity contribution in [1.29, 1.82) is 0 Å². The van der Waals surface area contributed by atoms with Crippen LogP contribution in [-0.4, -0.2) is 22.1 Å². The number of ether oxygens (including phenoxy) is 1. The molecule has 24 heavy (non-hydrogen) atoms. The summed E-state index contributed by atoms with van der Waals surface area (Å²) in [5.41, 5.74) is 1.98. The lowest BCUT2D eigenvalue weighted by molar-refractivity contribution is 0.409. The highest BCUT2D eigenvalue weighted by Crippen LogP contribution is 2.31. The van der Waals surface area contributed by atoms with Crippen molar-refractivity contribution in [1.82, 2.24) is 4.72 Å². The molecule has 0 aliphatic rings. The van der Waals surface area contributed by atoms with Gasteiger partial charge in [0.05, 0.1) is 7.11 Å². The summed E-state index contributed by atoms with van der Waals surface area (Å²) in [7, 11) is -2.21. The Hall–Kier alpha value is -0.960. The molecule has 0 radical (unpaired) electrons. The number of sulfonamides is 1. The predicted molar refractivity (Wildman–Crippen MR) is 98.4 cm³/mol. The van der Waals surface area contributed by atoms with Crippen molar-refractivity contribution in [2.75, 3.05) is 13.7 Å². The average Bonchev–Trinajstić information content (AvgIpc) is 2.45. The summed E-state index contributed by atoms with van der Waals surface area (Å²) in [6.45, 7) is 2.15. The fraction of sp³-hybridized carbons (Fsp3) is 0.250. The van der Waals surface area contributed by atoms with Crippen molar-refractivity contribution < 1.29 is 17.5 Å². The number of aryl methyl sites for hydroxylation is 1. The summed E-state index contributed by atoms with van der Waals surface area (Å²) in [5, 5.41) is 0. The third-order valence-corrected chi connectivity index (χ3v) is 6.69. The maximum atomic E-state index is 13.3. The van der Waals surface area contributed by atoms with Gasteiger partial charge in [0.15, 0.2) is 0 Å². The van der Waals surface area contributed by atoms with Crippen molar-refractivity contribution in [2.45, 2.75) is 18.2 Å². The molecule has 0 aliphatic carbocycles. The Kier molecular flexibility index (Phi) is 6.41. The fourth-order valence-corrected chi connectivity index (χ4v) is 5.84. The van der Waals surface area contributed by atoms with Gasteiger partial charge < -0.3 is 4.74 Å². The molecule has 0 saturated carbocycles. The van der Waals surface area contributed by atoms with Crippen molar-refractivity contribution >= 4 is 41.9 Å². The van der Waals surface area contributed by atoms with Crippen LogP contribution in [0.25, 0.3) is 0 Å². The first kappa shape index (κ1) is 19.4. The number of benzene rings is 2. The van der Waals surface area contributed by atoms with Gasteiger partial charge in [0.25, 0.3) is 0 Å². The minimum absolute atomic E-state index is 0.0277. The maximum absolute atomic E-state index is 13.3. The van der Waals surface area contributed by atoms with E-state index in [9.17, 15) is 12.8 Å². The molecule has 8 heteroatoms. The van der Waals surface area contributed by atoms with E-state index in [2.05, 4.69) is 36.6 Å². The van der Waals surface area contributed by atoms with Crippen LogP contribution in [0.4, 0.5) is 4.39 Å². The molecule has 1 N–H and O–H groups in total. The third kappa shape index (κ3) is 4.56. The van der Waals surface area contributed by atoms with Crippen molar-refractivity contribution in [3.63, 3.8) is 0 Å². The van der Waals surface area contributed by atoms with E-state index in [0.29, 0.717) is 12.2 Å². The first-order chi connectivity index (χ1) is 11.2. The van der Waals surface area contributed by atoms with E-state index in [4.69, 9.17) is 4.74 Å². The zero-order valence-electron chi connectivity index (χ0n) is 13.1. The number of hydrogen-bond donors (Lipinski definition) is 1. The lowest BCUT2D eigenvalue weighted by Gasteiger charge is -2.12. The second kappa shape index (κ2) is 7.95. The molecule has 0 bridgehead atoms. The van der Waals surface area contributed by atoms with Gasteiger partial charge in [-0.3, -0.25) is 0 Å². The van der Waals surface area contributed by atoms with Gasteiger partial charge >= 0.3 is 0 Å². The molecule has 0 atom stereocenters. The first-order valence-electron chi connectivity index (χ1n) is 7.02. The van der Waals surface area contributed by atoms with Crippen molar-refractivity contribution in [3.8, 4) is 5.75 Å². The van der Waals surface area contributed by atoms with Crippen molar-refractivity contribution in [3.05, 3.63) is 56.2 Å². The molecule has 0 aromatic heterocycles. The Morgan fingerprint density at radius 2 is 1.79 bits per heavy atom. The van der Waals surface area contributed by atoms with Crippen molar-refractivity contribution in [2.24, 2.45) is 0 Å². The highest BCUT2D eigenvalue weighted by Gasteiger charge is 2.22. The van der Waals surface area contributed by atoms with E-state index in [0.717, 1.165) is 23.3 Å². The summed E-state index contributed by atoms with van der Waals surface area (Å²) in [6.07, 6.45) is 0.473. The van der Waals surface area contributed by atoms with Crippen LogP contribution in [0.15, 0.2) is 44.2 Å². The third-order valence-electron chi connectivity index (χ3n) is 3.35. The van der Waals surface area contributed by atoms with Crippen LogP contribution in [0.5, 0.6) is 5.75 Å². The SMILES string of the molecule is COc1ccc(C)cc1CCNS(=O)(=O)c1c(Br)cc(F)cc1Br. The molecule has 0 unspecified atom stereocenters. The number of rotatable bonds is 6. The number of methoxy groups -OCH3 is 1. The largest absolute Gasteiger partial charge is 0.496 e. The highest BCUT2D eigenvalue weighted by atomic mass is 79.9. The van der Waals surface area contributed by atoms with Gasteiger partial charge in [-0.2, -0.15) is 0 Å². The highest BCUT2D eigenvalue weighted by molar-refractivity contribution is 9.11. The second-order valence-electron chi connectivity index (χ2n) is 5.16. The minimum Gasteiger partial charge on any atom is -0.496 e. The van der Waals surface area contributed by atoms with Crippen LogP contribution in [0, 0.1) is 12.7 Å². The van der Waals surface area contributed by atoms with E-state index >= 15 is 0 Å². The summed E-state index contributed by atoms with van der Waals surface area (Å²) in [5.74, 6) is 0.182. The van der Waals surface area contributed by atoms with Crippen LogP contribution < -0.4 is 9.46 Å². The molecule has 0 heterocycles. The van der Waals surface area contributed by atoms with E-state index in [-0.39, 0.29) is 20.4 Å². The van der Waals surface area contributed by atoms with Gasteiger partial charge in [0.2, 0.25) is 10.0 Å². The number of nitrogens with one attached hydrogen (secondary N) is 1. The topological polar surface area (TPSA) is 55.4 Å². The summed E-state index contributed by atoms with van der Waals surface area (Å²) >= 11 is 6.19. The Bertz CT molecular complexity index is 833. The van der Waals surface area contributed by atoms with E-state index in [1.54, 1.807) is 7.11 Å². The Labute approximate surface area is 157 Å². The molecule has 130 valence electrons. The molecule has 0 spiro atoms. The Morgan fingerprint density at radius 3 is 2.38 bits per heavy atom. The molecule has 2 aromatic rings. The van der Waals surface area contributed by atoms with Crippen LogP contribution in [0.2, 0.25) is 0 Å². The molecule has 0 aliphatic heterocycles. The first-order valence-corrected chi connectivity index (χ1v) is 10.1. The van der Waals surface area contributed by atoms with Crippen LogP contribution in [0.3, 0.4) is 0 Å². The molecule has 2 aromatic carbocycles. The lowest BCUT2D eigenvalue weighted by atomic mass is 10.1. The van der Waals surface area contributed by atoms with Crippen LogP contribution >= 0.6 is 31.9 Å². The predicted octanol–water partition coefficient (Wildman–Crippen LogP) is 4.19. The van der Waals surface area contributed by atoms with Gasteiger partial charge in [-0.15, -0.1) is 0 Å². The normalized spacial score (nSPS) is 11.5. The molecule has 4 nitrogen and oxygen atoms in total. The second-order valence-corrected chi connectivity index (χ2v) is 8.57. The Morgan fingerprint density at radius 1 is 1.17 bits per heavy atom. The maximum Gasteiger partial charge on any atom is 0.242 e. The standard InChI is InChI=1S/C16H16Br2FNO3S/c1-10-3-4-15(23-2)11(7-10)5-6-20-24(21,22)16-13(17)8-12(19)9-14(16)18/h3-4,7-9,20H,5-6H2,1-2H3. The van der Waals surface area contributed by atoms with Crippen LogP contribution in [0.1, 0.15) is 11.1 Å². The van der Waals surface area contributed by atoms with Gasteiger partial charge in [-0.1, -0.05) is 17.7 Å².